The van der Waals surface area contributed by atoms with Gasteiger partial charge in [0.15, 0.2) is 0 Å². The minimum atomic E-state index is -4.55. The third kappa shape index (κ3) is 5.96. The van der Waals surface area contributed by atoms with Crippen LogP contribution in [0.5, 0.6) is 5.75 Å². The second kappa shape index (κ2) is 10.8. The van der Waals surface area contributed by atoms with Crippen molar-refractivity contribution < 1.29 is 27.5 Å². The molecule has 2 aromatic carbocycles. The van der Waals surface area contributed by atoms with Crippen molar-refractivity contribution >= 4 is 45.7 Å². The first kappa shape index (κ1) is 25.9. The number of rotatable bonds is 6. The van der Waals surface area contributed by atoms with Crippen LogP contribution in [0.1, 0.15) is 22.8 Å². The molecule has 38 heavy (non-hydrogen) atoms. The summed E-state index contributed by atoms with van der Waals surface area (Å²) in [5.41, 5.74) is 0.772. The maximum Gasteiger partial charge on any atom is 0.416 e. The van der Waals surface area contributed by atoms with Gasteiger partial charge in [-0.25, -0.2) is 15.0 Å². The van der Waals surface area contributed by atoms with Gasteiger partial charge in [-0.1, -0.05) is 5.92 Å². The highest BCUT2D eigenvalue weighted by atomic mass is 19.4. The number of halogens is 3. The second-order valence-corrected chi connectivity index (χ2v) is 7.71. The lowest BCUT2D eigenvalue weighted by Gasteiger charge is -2.13. The van der Waals surface area contributed by atoms with Crippen LogP contribution in [0.4, 0.5) is 36.2 Å². The molecule has 0 aliphatic rings. The van der Waals surface area contributed by atoms with Crippen molar-refractivity contribution in [1.82, 2.24) is 15.0 Å². The minimum absolute atomic E-state index is 0.203. The molecule has 0 saturated heterocycles. The summed E-state index contributed by atoms with van der Waals surface area (Å²) < 4.78 is 44.1. The van der Waals surface area contributed by atoms with Gasteiger partial charge in [0.2, 0.25) is 0 Å². The van der Waals surface area contributed by atoms with Gasteiger partial charge in [0.25, 0.3) is 11.8 Å². The van der Waals surface area contributed by atoms with E-state index >= 15 is 0 Å². The number of pyridine rings is 1. The van der Waals surface area contributed by atoms with Gasteiger partial charge in [-0.05, 0) is 55.3 Å². The number of hydrogen-bond donors (Lipinski definition) is 3. The van der Waals surface area contributed by atoms with Gasteiger partial charge in [0, 0.05) is 28.9 Å². The number of amides is 2. The fourth-order valence-electron chi connectivity index (χ4n) is 3.42. The number of nitrogens with one attached hydrogen (secondary N) is 3. The van der Waals surface area contributed by atoms with Crippen molar-refractivity contribution in [3.8, 4) is 17.6 Å². The van der Waals surface area contributed by atoms with Gasteiger partial charge < -0.3 is 20.7 Å². The first-order chi connectivity index (χ1) is 18.2. The Morgan fingerprint density at radius 2 is 1.74 bits per heavy atom. The minimum Gasteiger partial charge on any atom is -0.494 e. The number of hydrogen-bond acceptors (Lipinski definition) is 7. The molecular formula is C26H19F3N6O3. The van der Waals surface area contributed by atoms with E-state index in [2.05, 4.69) is 42.7 Å². The third-order valence-electron chi connectivity index (χ3n) is 5.18. The molecule has 192 valence electrons. The maximum atomic E-state index is 12.9. The van der Waals surface area contributed by atoms with Crippen molar-refractivity contribution in [3.63, 3.8) is 0 Å². The number of carbonyl (C=O) groups excluding carboxylic acids is 2. The predicted molar refractivity (Wildman–Crippen MR) is 135 cm³/mol. The number of ether oxygens (including phenoxy) is 1. The lowest BCUT2D eigenvalue weighted by molar-refractivity contribution is -0.137. The predicted octanol–water partition coefficient (Wildman–Crippen LogP) is 5.01. The van der Waals surface area contributed by atoms with E-state index in [9.17, 15) is 22.8 Å². The Morgan fingerprint density at radius 3 is 2.42 bits per heavy atom. The van der Waals surface area contributed by atoms with Gasteiger partial charge in [-0.3, -0.25) is 9.59 Å². The van der Waals surface area contributed by atoms with Gasteiger partial charge in [-0.15, -0.1) is 0 Å². The first-order valence-corrected chi connectivity index (χ1v) is 11.0. The lowest BCUT2D eigenvalue weighted by Crippen LogP contribution is -2.14. The molecule has 0 saturated carbocycles. The Labute approximate surface area is 214 Å². The van der Waals surface area contributed by atoms with Crippen LogP contribution < -0.4 is 20.7 Å². The average molecular weight is 520 g/mol. The molecule has 0 aliphatic heterocycles. The molecule has 2 aromatic heterocycles. The zero-order chi connectivity index (χ0) is 27.3. The fraction of sp³-hybridized carbons (Fsp3) is 0.115. The van der Waals surface area contributed by atoms with Crippen molar-refractivity contribution in [2.24, 2.45) is 0 Å². The van der Waals surface area contributed by atoms with Crippen LogP contribution in [-0.4, -0.2) is 33.9 Å². The van der Waals surface area contributed by atoms with Crippen LogP contribution in [0.25, 0.3) is 10.9 Å². The zero-order valence-corrected chi connectivity index (χ0v) is 20.0. The summed E-state index contributed by atoms with van der Waals surface area (Å²) in [5.74, 6) is 4.37. The first-order valence-electron chi connectivity index (χ1n) is 11.0. The number of anilines is 4. The average Bonchev–Trinajstić information content (AvgIpc) is 2.89. The van der Waals surface area contributed by atoms with E-state index in [1.165, 1.54) is 25.6 Å². The fourth-order valence-corrected chi connectivity index (χ4v) is 3.42. The molecule has 2 amide bonds. The summed E-state index contributed by atoms with van der Waals surface area (Å²) in [7, 11) is 1.46. The largest absolute Gasteiger partial charge is 0.494 e. The monoisotopic (exact) mass is 520 g/mol. The molecule has 0 fully saturated rings. The number of aromatic nitrogens is 3. The Kier molecular flexibility index (Phi) is 7.38. The quantitative estimate of drug-likeness (QED) is 0.306. The molecule has 0 unspecified atom stereocenters. The molecule has 12 heteroatoms. The molecule has 0 atom stereocenters. The van der Waals surface area contributed by atoms with Crippen LogP contribution in [0.15, 0.2) is 61.1 Å². The smallest absolute Gasteiger partial charge is 0.416 e. The van der Waals surface area contributed by atoms with Gasteiger partial charge in [-0.2, -0.15) is 13.2 Å². The molecule has 9 nitrogen and oxygen atoms in total. The van der Waals surface area contributed by atoms with E-state index in [-0.39, 0.29) is 11.4 Å². The van der Waals surface area contributed by atoms with E-state index in [0.717, 1.165) is 18.3 Å². The van der Waals surface area contributed by atoms with Gasteiger partial charge in [0.1, 0.15) is 23.7 Å². The summed E-state index contributed by atoms with van der Waals surface area (Å²) in [6.07, 6.45) is -2.22. The van der Waals surface area contributed by atoms with Crippen molar-refractivity contribution in [3.05, 3.63) is 72.2 Å². The van der Waals surface area contributed by atoms with Crippen LogP contribution in [0.2, 0.25) is 0 Å². The second-order valence-electron chi connectivity index (χ2n) is 7.71. The Bertz CT molecular complexity index is 1580. The van der Waals surface area contributed by atoms with Crippen molar-refractivity contribution in [1.29, 1.82) is 0 Å². The van der Waals surface area contributed by atoms with E-state index in [1.54, 1.807) is 31.2 Å². The topological polar surface area (TPSA) is 118 Å². The number of benzene rings is 2. The number of carbonyl (C=O) groups is 2. The molecule has 0 bridgehead atoms. The van der Waals surface area contributed by atoms with E-state index < -0.39 is 23.6 Å². The molecule has 0 radical (unpaired) electrons. The van der Waals surface area contributed by atoms with Crippen molar-refractivity contribution in [2.75, 3.05) is 23.1 Å². The van der Waals surface area contributed by atoms with Crippen molar-refractivity contribution in [2.45, 2.75) is 13.1 Å². The molecule has 0 spiro atoms. The van der Waals surface area contributed by atoms with Crippen LogP contribution in [-0.2, 0) is 11.0 Å². The van der Waals surface area contributed by atoms with Gasteiger partial charge >= 0.3 is 6.18 Å². The Balaban J connectivity index is 1.54. The molecule has 0 aliphatic carbocycles. The summed E-state index contributed by atoms with van der Waals surface area (Å²) in [5, 5.41) is 8.73. The van der Waals surface area contributed by atoms with Crippen LogP contribution in [0, 0.1) is 11.8 Å². The number of nitrogens with zero attached hydrogens (tertiary/aromatic N) is 3. The number of alkyl halides is 3. The Hall–Kier alpha value is -5.18. The highest BCUT2D eigenvalue weighted by Gasteiger charge is 2.30. The summed E-state index contributed by atoms with van der Waals surface area (Å²) in [6.45, 7) is 1.55. The molecule has 4 rings (SSSR count). The van der Waals surface area contributed by atoms with Crippen LogP contribution >= 0.6 is 0 Å². The lowest BCUT2D eigenvalue weighted by atomic mass is 10.1. The Morgan fingerprint density at radius 1 is 0.974 bits per heavy atom. The standard InChI is InChI=1S/C26H19F3N6O3/c1-3-4-23(36)34-20-12-18-19(13-21(20)38-2)31-14-32-24(18)33-17-7-5-15(6-8-17)25(37)35-22-11-16(9-10-30-22)26(27,28)29/h5-14H,1-2H3,(H,34,36)(H,30,35,37)(H,31,32,33). The summed E-state index contributed by atoms with van der Waals surface area (Å²) in [6, 6.07) is 11.1. The van der Waals surface area contributed by atoms with E-state index in [4.69, 9.17) is 4.74 Å². The SMILES string of the molecule is CC#CC(=O)Nc1cc2c(Nc3ccc(C(=O)Nc4cc(C(F)(F)F)ccn4)cc3)ncnc2cc1OC. The maximum absolute atomic E-state index is 12.9. The summed E-state index contributed by atoms with van der Waals surface area (Å²) in [4.78, 5) is 36.8. The normalized spacial score (nSPS) is 10.8. The van der Waals surface area contributed by atoms with Crippen LogP contribution in [0.3, 0.4) is 0 Å². The molecule has 2 heterocycles. The summed E-state index contributed by atoms with van der Waals surface area (Å²) >= 11 is 0. The zero-order valence-electron chi connectivity index (χ0n) is 20.0. The molecular weight excluding hydrogens is 501 g/mol. The van der Waals surface area contributed by atoms with E-state index in [1.807, 2.05) is 0 Å². The van der Waals surface area contributed by atoms with E-state index in [0.29, 0.717) is 33.8 Å². The highest BCUT2D eigenvalue weighted by Crippen LogP contribution is 2.33. The highest BCUT2D eigenvalue weighted by molar-refractivity contribution is 6.07. The number of fused-ring (bicyclic) bond motifs is 1. The number of methoxy groups -OCH3 is 1. The van der Waals surface area contributed by atoms with Gasteiger partial charge in [0.05, 0.1) is 23.9 Å². The molecule has 4 aromatic rings. The third-order valence-corrected chi connectivity index (χ3v) is 5.18. The molecule has 3 N–H and O–H groups in total.